The van der Waals surface area contributed by atoms with E-state index in [0.717, 1.165) is 15.6 Å². The van der Waals surface area contributed by atoms with Crippen molar-refractivity contribution < 1.29 is 5.11 Å². The van der Waals surface area contributed by atoms with Crippen molar-refractivity contribution in [3.05, 3.63) is 15.6 Å². The van der Waals surface area contributed by atoms with Crippen LogP contribution in [0, 0.1) is 13.8 Å². The SMILES string of the molecule is Cc1nc(C)c(C(N)CO)s1. The first-order valence-corrected chi connectivity index (χ1v) is 4.27. The molecule has 4 heteroatoms. The van der Waals surface area contributed by atoms with Crippen LogP contribution in [-0.2, 0) is 0 Å². The number of nitrogens with zero attached hydrogens (tertiary/aromatic N) is 1. The molecule has 0 saturated heterocycles. The second kappa shape index (κ2) is 3.30. The van der Waals surface area contributed by atoms with E-state index < -0.39 is 0 Å². The van der Waals surface area contributed by atoms with Crippen LogP contribution in [0.25, 0.3) is 0 Å². The lowest BCUT2D eigenvalue weighted by atomic mass is 10.2. The minimum atomic E-state index is -0.263. The predicted molar refractivity (Wildman–Crippen MR) is 45.6 cm³/mol. The Labute approximate surface area is 69.9 Å². The Bertz CT molecular complexity index is 247. The molecule has 1 aromatic rings. The van der Waals surface area contributed by atoms with Crippen LogP contribution < -0.4 is 5.73 Å². The van der Waals surface area contributed by atoms with Crippen LogP contribution in [0.2, 0.25) is 0 Å². The standard InChI is InChI=1S/C7H12N2OS/c1-4-7(6(8)3-10)11-5(2)9-4/h6,10H,3,8H2,1-2H3. The van der Waals surface area contributed by atoms with Crippen molar-refractivity contribution >= 4 is 11.3 Å². The van der Waals surface area contributed by atoms with Crippen LogP contribution in [0.3, 0.4) is 0 Å². The molecule has 0 bridgehead atoms. The molecule has 1 atom stereocenters. The van der Waals surface area contributed by atoms with Crippen LogP contribution in [0.1, 0.15) is 21.6 Å². The van der Waals surface area contributed by atoms with E-state index in [-0.39, 0.29) is 12.6 Å². The normalized spacial score (nSPS) is 13.5. The Morgan fingerprint density at radius 3 is 2.64 bits per heavy atom. The average Bonchev–Trinajstić information content (AvgIpc) is 2.28. The summed E-state index contributed by atoms with van der Waals surface area (Å²) in [5.41, 5.74) is 6.57. The maximum atomic E-state index is 8.78. The zero-order valence-electron chi connectivity index (χ0n) is 6.66. The summed E-state index contributed by atoms with van der Waals surface area (Å²) in [6.07, 6.45) is 0. The lowest BCUT2D eigenvalue weighted by molar-refractivity contribution is 0.269. The zero-order chi connectivity index (χ0) is 8.43. The smallest absolute Gasteiger partial charge is 0.0900 e. The highest BCUT2D eigenvalue weighted by molar-refractivity contribution is 7.11. The largest absolute Gasteiger partial charge is 0.394 e. The summed E-state index contributed by atoms with van der Waals surface area (Å²) in [5.74, 6) is 0. The van der Waals surface area contributed by atoms with Gasteiger partial charge in [-0.2, -0.15) is 0 Å². The molecule has 1 unspecified atom stereocenters. The molecular weight excluding hydrogens is 160 g/mol. The van der Waals surface area contributed by atoms with Gasteiger partial charge >= 0.3 is 0 Å². The fourth-order valence-electron chi connectivity index (χ4n) is 0.974. The predicted octanol–water partition coefficient (Wildman–Crippen LogP) is 0.752. The Morgan fingerprint density at radius 2 is 2.27 bits per heavy atom. The van der Waals surface area contributed by atoms with Gasteiger partial charge in [0, 0.05) is 4.88 Å². The first kappa shape index (κ1) is 8.64. The van der Waals surface area contributed by atoms with E-state index >= 15 is 0 Å². The maximum absolute atomic E-state index is 8.78. The van der Waals surface area contributed by atoms with Crippen molar-refractivity contribution in [2.24, 2.45) is 5.73 Å². The van der Waals surface area contributed by atoms with E-state index in [1.807, 2.05) is 13.8 Å². The first-order valence-electron chi connectivity index (χ1n) is 3.45. The number of aryl methyl sites for hydroxylation is 2. The summed E-state index contributed by atoms with van der Waals surface area (Å²) in [4.78, 5) is 5.20. The third-order valence-corrected chi connectivity index (χ3v) is 2.68. The molecule has 11 heavy (non-hydrogen) atoms. The highest BCUT2D eigenvalue weighted by Gasteiger charge is 2.11. The van der Waals surface area contributed by atoms with Gasteiger partial charge in [0.2, 0.25) is 0 Å². The van der Waals surface area contributed by atoms with Crippen molar-refractivity contribution in [2.45, 2.75) is 19.9 Å². The molecule has 1 heterocycles. The van der Waals surface area contributed by atoms with Crippen LogP contribution in [0.15, 0.2) is 0 Å². The second-order valence-electron chi connectivity index (χ2n) is 2.47. The second-order valence-corrected chi connectivity index (χ2v) is 3.71. The summed E-state index contributed by atoms with van der Waals surface area (Å²) >= 11 is 1.55. The number of thiazole rings is 1. The van der Waals surface area contributed by atoms with Gasteiger partial charge in [-0.15, -0.1) is 11.3 Å². The van der Waals surface area contributed by atoms with Crippen molar-refractivity contribution in [1.82, 2.24) is 4.98 Å². The zero-order valence-corrected chi connectivity index (χ0v) is 7.48. The number of nitrogens with two attached hydrogens (primary N) is 1. The van der Waals surface area contributed by atoms with Crippen LogP contribution in [0.5, 0.6) is 0 Å². The highest BCUT2D eigenvalue weighted by atomic mass is 32.1. The average molecular weight is 172 g/mol. The van der Waals surface area contributed by atoms with Gasteiger partial charge in [0.05, 0.1) is 23.4 Å². The van der Waals surface area contributed by atoms with Crippen molar-refractivity contribution in [2.75, 3.05) is 6.61 Å². The fraction of sp³-hybridized carbons (Fsp3) is 0.571. The van der Waals surface area contributed by atoms with E-state index in [2.05, 4.69) is 4.98 Å². The van der Waals surface area contributed by atoms with Gasteiger partial charge in [-0.1, -0.05) is 0 Å². The maximum Gasteiger partial charge on any atom is 0.0900 e. The van der Waals surface area contributed by atoms with E-state index in [1.54, 1.807) is 11.3 Å². The topological polar surface area (TPSA) is 59.1 Å². The van der Waals surface area contributed by atoms with Gasteiger partial charge < -0.3 is 10.8 Å². The third-order valence-electron chi connectivity index (χ3n) is 1.47. The molecule has 0 fully saturated rings. The van der Waals surface area contributed by atoms with Gasteiger partial charge in [0.1, 0.15) is 0 Å². The summed E-state index contributed by atoms with van der Waals surface area (Å²) < 4.78 is 0. The van der Waals surface area contributed by atoms with Crippen LogP contribution in [-0.4, -0.2) is 16.7 Å². The molecular formula is C7H12N2OS. The molecule has 3 N–H and O–H groups in total. The fourth-order valence-corrected chi connectivity index (χ4v) is 1.89. The summed E-state index contributed by atoms with van der Waals surface area (Å²) in [7, 11) is 0. The highest BCUT2D eigenvalue weighted by Crippen LogP contribution is 2.22. The van der Waals surface area contributed by atoms with Gasteiger partial charge in [0.15, 0.2) is 0 Å². The van der Waals surface area contributed by atoms with Crippen LogP contribution >= 0.6 is 11.3 Å². The number of aliphatic hydroxyl groups is 1. The van der Waals surface area contributed by atoms with E-state index in [0.29, 0.717) is 0 Å². The molecule has 1 rings (SSSR count). The lowest BCUT2D eigenvalue weighted by Gasteiger charge is -2.04. The van der Waals surface area contributed by atoms with Gasteiger partial charge in [-0.25, -0.2) is 4.98 Å². The van der Waals surface area contributed by atoms with Gasteiger partial charge in [-0.3, -0.25) is 0 Å². The summed E-state index contributed by atoms with van der Waals surface area (Å²) in [6.45, 7) is 3.84. The molecule has 0 spiro atoms. The van der Waals surface area contributed by atoms with Crippen LogP contribution in [0.4, 0.5) is 0 Å². The van der Waals surface area contributed by atoms with E-state index in [4.69, 9.17) is 10.8 Å². The van der Waals surface area contributed by atoms with Gasteiger partial charge in [-0.05, 0) is 13.8 Å². The summed E-state index contributed by atoms with van der Waals surface area (Å²) in [5, 5.41) is 9.78. The molecule has 0 aliphatic heterocycles. The molecule has 0 amide bonds. The lowest BCUT2D eigenvalue weighted by Crippen LogP contribution is -2.13. The molecule has 0 saturated carbocycles. The molecule has 3 nitrogen and oxygen atoms in total. The quantitative estimate of drug-likeness (QED) is 0.692. The molecule has 0 aliphatic rings. The minimum absolute atomic E-state index is 0.0114. The minimum Gasteiger partial charge on any atom is -0.394 e. The number of aromatic nitrogens is 1. The Morgan fingerprint density at radius 1 is 1.64 bits per heavy atom. The number of hydrogen-bond donors (Lipinski definition) is 2. The monoisotopic (exact) mass is 172 g/mol. The third kappa shape index (κ3) is 1.77. The van der Waals surface area contributed by atoms with Gasteiger partial charge in [0.25, 0.3) is 0 Å². The Hall–Kier alpha value is -0.450. The number of hydrogen-bond acceptors (Lipinski definition) is 4. The van der Waals surface area contributed by atoms with E-state index in [9.17, 15) is 0 Å². The van der Waals surface area contributed by atoms with Crippen molar-refractivity contribution in [3.63, 3.8) is 0 Å². The van der Waals surface area contributed by atoms with E-state index in [1.165, 1.54) is 0 Å². The van der Waals surface area contributed by atoms with Crippen molar-refractivity contribution in [1.29, 1.82) is 0 Å². The first-order chi connectivity index (χ1) is 5.15. The number of rotatable bonds is 2. The molecule has 0 aliphatic carbocycles. The molecule has 0 radical (unpaired) electrons. The number of aliphatic hydroxyl groups excluding tert-OH is 1. The molecule has 62 valence electrons. The molecule has 1 aromatic heterocycles. The Kier molecular flexibility index (Phi) is 2.59. The summed E-state index contributed by atoms with van der Waals surface area (Å²) in [6, 6.07) is -0.263. The van der Waals surface area contributed by atoms with Crippen molar-refractivity contribution in [3.8, 4) is 0 Å². The molecule has 0 aromatic carbocycles. The Balaban J connectivity index is 2.93.